The van der Waals surface area contributed by atoms with Gasteiger partial charge in [0.1, 0.15) is 17.2 Å². The number of hydrogen-bond donors (Lipinski definition) is 1. The van der Waals surface area contributed by atoms with Gasteiger partial charge in [-0.05, 0) is 51.7 Å². The molecular formula is C22H28N4O3. The number of fused-ring (bicyclic) bond motifs is 1. The van der Waals surface area contributed by atoms with Crippen molar-refractivity contribution in [2.24, 2.45) is 5.92 Å². The molecule has 7 heteroatoms. The molecule has 0 atom stereocenters. The molecule has 0 unspecified atom stereocenters. The van der Waals surface area contributed by atoms with Gasteiger partial charge in [0.15, 0.2) is 0 Å². The van der Waals surface area contributed by atoms with Crippen molar-refractivity contribution >= 4 is 17.6 Å². The Balaban J connectivity index is 1.45. The molecule has 154 valence electrons. The monoisotopic (exact) mass is 396 g/mol. The molecule has 1 spiro atoms. The molecule has 2 heterocycles. The summed E-state index contributed by atoms with van der Waals surface area (Å²) in [5.41, 5.74) is 0.168. The Morgan fingerprint density at radius 1 is 1.24 bits per heavy atom. The van der Waals surface area contributed by atoms with Gasteiger partial charge in [0, 0.05) is 25.1 Å². The van der Waals surface area contributed by atoms with E-state index in [9.17, 15) is 9.59 Å². The van der Waals surface area contributed by atoms with Gasteiger partial charge in [-0.1, -0.05) is 12.1 Å². The zero-order chi connectivity index (χ0) is 20.6. The van der Waals surface area contributed by atoms with Crippen molar-refractivity contribution in [2.75, 3.05) is 18.9 Å². The maximum Gasteiger partial charge on any atom is 0.257 e. The van der Waals surface area contributed by atoms with Crippen molar-refractivity contribution in [1.82, 2.24) is 14.7 Å². The van der Waals surface area contributed by atoms with Crippen LogP contribution in [0.3, 0.4) is 0 Å². The Morgan fingerprint density at radius 2 is 1.97 bits per heavy atom. The second-order valence-corrected chi connectivity index (χ2v) is 8.46. The van der Waals surface area contributed by atoms with Crippen LogP contribution in [0.15, 0.2) is 36.5 Å². The molecule has 7 nitrogen and oxygen atoms in total. The lowest BCUT2D eigenvalue weighted by molar-refractivity contribution is -0.122. The lowest BCUT2D eigenvalue weighted by Crippen LogP contribution is -2.49. The maximum absolute atomic E-state index is 12.8. The lowest BCUT2D eigenvalue weighted by Gasteiger charge is -2.40. The summed E-state index contributed by atoms with van der Waals surface area (Å²) < 4.78 is 8.22. The Morgan fingerprint density at radius 3 is 2.69 bits per heavy atom. The molecule has 0 saturated heterocycles. The number of para-hydroxylation sites is 1. The summed E-state index contributed by atoms with van der Waals surface area (Å²) in [4.78, 5) is 27.3. The number of ether oxygens (including phenoxy) is 1. The van der Waals surface area contributed by atoms with E-state index in [4.69, 9.17) is 4.74 Å². The highest BCUT2D eigenvalue weighted by Gasteiger charge is 2.43. The van der Waals surface area contributed by atoms with Crippen LogP contribution in [0.25, 0.3) is 0 Å². The number of nitrogens with one attached hydrogen (secondary N) is 1. The van der Waals surface area contributed by atoms with Crippen LogP contribution < -0.4 is 10.1 Å². The van der Waals surface area contributed by atoms with E-state index < -0.39 is 5.60 Å². The van der Waals surface area contributed by atoms with E-state index in [2.05, 4.69) is 10.4 Å². The van der Waals surface area contributed by atoms with Crippen LogP contribution >= 0.6 is 0 Å². The molecule has 29 heavy (non-hydrogen) atoms. The molecule has 1 aliphatic heterocycles. The van der Waals surface area contributed by atoms with Crippen LogP contribution in [0.4, 0.5) is 5.82 Å². The molecule has 1 fully saturated rings. The van der Waals surface area contributed by atoms with Gasteiger partial charge in [0.2, 0.25) is 5.91 Å². The van der Waals surface area contributed by atoms with Gasteiger partial charge in [-0.2, -0.15) is 5.10 Å². The highest BCUT2D eigenvalue weighted by Crippen LogP contribution is 2.40. The first-order valence-corrected chi connectivity index (χ1v) is 10.3. The van der Waals surface area contributed by atoms with E-state index in [1.54, 1.807) is 11.1 Å². The zero-order valence-corrected chi connectivity index (χ0v) is 17.2. The Hall–Kier alpha value is -2.83. The summed E-state index contributed by atoms with van der Waals surface area (Å²) in [6.45, 7) is 4.60. The van der Waals surface area contributed by atoms with E-state index in [0.717, 1.165) is 31.5 Å². The minimum Gasteiger partial charge on any atom is -0.485 e. The number of amides is 2. The number of rotatable bonds is 3. The summed E-state index contributed by atoms with van der Waals surface area (Å²) in [7, 11) is 1.82. The molecule has 4 rings (SSSR count). The van der Waals surface area contributed by atoms with E-state index >= 15 is 0 Å². The van der Waals surface area contributed by atoms with Crippen molar-refractivity contribution in [2.45, 2.75) is 51.2 Å². The molecule has 2 amide bonds. The van der Waals surface area contributed by atoms with Gasteiger partial charge < -0.3 is 15.0 Å². The minimum absolute atomic E-state index is 0.0145. The van der Waals surface area contributed by atoms with E-state index in [0.29, 0.717) is 17.9 Å². The first kappa shape index (κ1) is 19.5. The number of benzene rings is 1. The average molecular weight is 396 g/mol. The van der Waals surface area contributed by atoms with Gasteiger partial charge in [-0.25, -0.2) is 4.68 Å². The molecule has 1 aromatic carbocycles. The van der Waals surface area contributed by atoms with Crippen molar-refractivity contribution in [3.8, 4) is 5.75 Å². The number of carbonyl (C=O) groups excluding carboxylic acids is 2. The molecule has 0 bridgehead atoms. The Labute approximate surface area is 171 Å². The van der Waals surface area contributed by atoms with Gasteiger partial charge in [-0.3, -0.25) is 9.59 Å². The van der Waals surface area contributed by atoms with Crippen molar-refractivity contribution in [3.05, 3.63) is 42.1 Å². The lowest BCUT2D eigenvalue weighted by atomic mass is 9.78. The highest BCUT2D eigenvalue weighted by molar-refractivity contribution is 5.97. The van der Waals surface area contributed by atoms with Gasteiger partial charge in [0.25, 0.3) is 5.91 Å². The number of likely N-dealkylation sites (N-methyl/N-ethyl adjacent to an activating group) is 1. The van der Waals surface area contributed by atoms with Crippen molar-refractivity contribution < 1.29 is 14.3 Å². The fourth-order valence-corrected chi connectivity index (χ4v) is 4.43. The van der Waals surface area contributed by atoms with Gasteiger partial charge in [-0.15, -0.1) is 0 Å². The number of aromatic nitrogens is 2. The van der Waals surface area contributed by atoms with Crippen LogP contribution in [-0.4, -0.2) is 45.7 Å². The van der Waals surface area contributed by atoms with Gasteiger partial charge >= 0.3 is 0 Å². The maximum atomic E-state index is 12.8. The topological polar surface area (TPSA) is 76.5 Å². The minimum atomic E-state index is -0.437. The summed E-state index contributed by atoms with van der Waals surface area (Å²) in [5, 5.41) is 7.31. The molecule has 0 radical (unpaired) electrons. The van der Waals surface area contributed by atoms with Gasteiger partial charge in [0.05, 0.1) is 18.3 Å². The van der Waals surface area contributed by atoms with Crippen molar-refractivity contribution in [3.63, 3.8) is 0 Å². The third-order valence-electron chi connectivity index (χ3n) is 5.99. The zero-order valence-electron chi connectivity index (χ0n) is 17.2. The Kier molecular flexibility index (Phi) is 5.06. The van der Waals surface area contributed by atoms with Crippen LogP contribution in [0, 0.1) is 5.92 Å². The number of hydrogen-bond acceptors (Lipinski definition) is 4. The summed E-state index contributed by atoms with van der Waals surface area (Å²) >= 11 is 0. The fraction of sp³-hybridized carbons (Fsp3) is 0.500. The quantitative estimate of drug-likeness (QED) is 0.862. The van der Waals surface area contributed by atoms with E-state index in [-0.39, 0.29) is 23.8 Å². The Bertz CT molecular complexity index is 912. The summed E-state index contributed by atoms with van der Waals surface area (Å²) in [6, 6.07) is 9.43. The third-order valence-corrected chi connectivity index (χ3v) is 5.99. The summed E-state index contributed by atoms with van der Waals surface area (Å²) in [6.07, 6.45) is 4.63. The number of anilines is 1. The molecule has 1 N–H and O–H groups in total. The van der Waals surface area contributed by atoms with Crippen LogP contribution in [0.5, 0.6) is 5.75 Å². The summed E-state index contributed by atoms with van der Waals surface area (Å²) in [5.74, 6) is 1.32. The second kappa shape index (κ2) is 7.54. The number of nitrogens with zero attached hydrogens (tertiary/aromatic N) is 3. The normalized spacial score (nSPS) is 24.2. The van der Waals surface area contributed by atoms with Crippen LogP contribution in [0.1, 0.15) is 55.9 Å². The predicted molar refractivity (Wildman–Crippen MR) is 110 cm³/mol. The average Bonchev–Trinajstić information content (AvgIpc) is 3.13. The molecule has 1 aliphatic carbocycles. The molecule has 1 saturated carbocycles. The largest absolute Gasteiger partial charge is 0.485 e. The van der Waals surface area contributed by atoms with Crippen LogP contribution in [0.2, 0.25) is 0 Å². The first-order chi connectivity index (χ1) is 13.9. The standard InChI is InChI=1S/C22H28N4O3/c1-15(2)26-19(10-13-23-26)24-20(27)16-8-11-22(12-9-16)14-25(3)21(28)17-6-4-5-7-18(17)29-22/h4-7,10,13,15-16H,8-9,11-12,14H2,1-3H3,(H,24,27). The number of carbonyl (C=O) groups is 2. The second-order valence-electron chi connectivity index (χ2n) is 8.46. The molecule has 2 aromatic rings. The highest BCUT2D eigenvalue weighted by atomic mass is 16.5. The predicted octanol–water partition coefficient (Wildman–Crippen LogP) is 3.50. The third kappa shape index (κ3) is 3.73. The molecule has 2 aliphatic rings. The van der Waals surface area contributed by atoms with E-state index in [1.807, 2.05) is 55.9 Å². The van der Waals surface area contributed by atoms with E-state index in [1.165, 1.54) is 0 Å². The van der Waals surface area contributed by atoms with Crippen molar-refractivity contribution in [1.29, 1.82) is 0 Å². The molecule has 1 aromatic heterocycles. The smallest absolute Gasteiger partial charge is 0.257 e. The first-order valence-electron chi connectivity index (χ1n) is 10.3. The fourth-order valence-electron chi connectivity index (χ4n) is 4.43. The van der Waals surface area contributed by atoms with Crippen LogP contribution in [-0.2, 0) is 4.79 Å². The SMILES string of the molecule is CC(C)n1nccc1NC(=O)C1CCC2(CC1)CN(C)C(=O)c1ccccc1O2. The molecular weight excluding hydrogens is 368 g/mol.